The van der Waals surface area contributed by atoms with Crippen LogP contribution in [0.5, 0.6) is 0 Å². The zero-order chi connectivity index (χ0) is 16.6. The molecule has 1 unspecified atom stereocenters. The van der Waals surface area contributed by atoms with Crippen LogP contribution in [-0.4, -0.2) is 42.3 Å². The Morgan fingerprint density at radius 2 is 2.00 bits per heavy atom. The lowest BCUT2D eigenvalue weighted by molar-refractivity contribution is 0.113. The molecule has 0 aromatic heterocycles. The maximum Gasteiger partial charge on any atom is 0.317 e. The van der Waals surface area contributed by atoms with Crippen molar-refractivity contribution in [3.63, 3.8) is 0 Å². The molecule has 0 bridgehead atoms. The Morgan fingerprint density at radius 3 is 2.52 bits per heavy atom. The van der Waals surface area contributed by atoms with E-state index in [0.29, 0.717) is 18.8 Å². The Bertz CT molecular complexity index is 580. The monoisotopic (exact) mass is 324 g/mol. The van der Waals surface area contributed by atoms with Gasteiger partial charge in [-0.15, -0.1) is 0 Å². The van der Waals surface area contributed by atoms with Crippen LogP contribution in [0.15, 0.2) is 18.2 Å². The highest BCUT2D eigenvalue weighted by atomic mass is 19.1. The molecule has 0 heterocycles. The van der Waals surface area contributed by atoms with Crippen LogP contribution in [0.3, 0.4) is 0 Å². The molecule has 0 aliphatic heterocycles. The molecule has 2 aliphatic rings. The van der Waals surface area contributed by atoms with E-state index in [-0.39, 0.29) is 24.7 Å². The van der Waals surface area contributed by atoms with Gasteiger partial charge in [0.25, 0.3) is 0 Å². The van der Waals surface area contributed by atoms with E-state index in [4.69, 9.17) is 0 Å². The second-order valence-corrected chi connectivity index (χ2v) is 6.82. The Balaban J connectivity index is 1.58. The standard InChI is InChI=1S/C17H22F2N2O2/c1-21(9-14(22)11-5-6-11)16(23)20-10-17(7-8-17)15-12(18)3-2-4-13(15)19/h2-4,11,14,22H,5-10H2,1H3,(H,20,23). The van der Waals surface area contributed by atoms with E-state index in [2.05, 4.69) is 5.32 Å². The van der Waals surface area contributed by atoms with Gasteiger partial charge in [-0.05, 0) is 43.7 Å². The van der Waals surface area contributed by atoms with Gasteiger partial charge in [-0.1, -0.05) is 6.07 Å². The highest BCUT2D eigenvalue weighted by Crippen LogP contribution is 2.49. The first-order chi connectivity index (χ1) is 10.9. The number of carbonyl (C=O) groups is 1. The number of aliphatic hydroxyl groups excluding tert-OH is 1. The SMILES string of the molecule is CN(CC(O)C1CC1)C(=O)NCC1(c2c(F)cccc2F)CC1. The van der Waals surface area contributed by atoms with Gasteiger partial charge in [0.1, 0.15) is 11.6 Å². The Morgan fingerprint density at radius 1 is 1.39 bits per heavy atom. The Kier molecular flexibility index (Phi) is 4.27. The molecular formula is C17H22F2N2O2. The molecule has 1 aromatic carbocycles. The summed E-state index contributed by atoms with van der Waals surface area (Å²) >= 11 is 0. The van der Waals surface area contributed by atoms with Crippen molar-refractivity contribution < 1.29 is 18.7 Å². The first-order valence-corrected chi connectivity index (χ1v) is 8.04. The number of amides is 2. The molecule has 0 spiro atoms. The molecule has 4 nitrogen and oxygen atoms in total. The second kappa shape index (κ2) is 6.07. The molecule has 2 aliphatic carbocycles. The third-order valence-corrected chi connectivity index (χ3v) is 4.90. The number of carbonyl (C=O) groups excluding carboxylic acids is 1. The molecule has 2 fully saturated rings. The number of urea groups is 1. The summed E-state index contributed by atoms with van der Waals surface area (Å²) in [7, 11) is 1.62. The van der Waals surface area contributed by atoms with Gasteiger partial charge in [0, 0.05) is 31.1 Å². The van der Waals surface area contributed by atoms with Crippen molar-refractivity contribution in [1.82, 2.24) is 10.2 Å². The molecule has 1 atom stereocenters. The van der Waals surface area contributed by atoms with Gasteiger partial charge in [0.15, 0.2) is 0 Å². The molecule has 126 valence electrons. The summed E-state index contributed by atoms with van der Waals surface area (Å²) < 4.78 is 27.9. The third-order valence-electron chi connectivity index (χ3n) is 4.90. The Hall–Kier alpha value is -1.69. The predicted octanol–water partition coefficient (Wildman–Crippen LogP) is 2.41. The maximum absolute atomic E-state index is 13.9. The molecule has 23 heavy (non-hydrogen) atoms. The maximum atomic E-state index is 13.9. The van der Waals surface area contributed by atoms with Crippen molar-refractivity contribution in [2.45, 2.75) is 37.2 Å². The van der Waals surface area contributed by atoms with E-state index in [1.54, 1.807) is 7.05 Å². The first kappa shape index (κ1) is 16.2. The number of hydrogen-bond acceptors (Lipinski definition) is 2. The lowest BCUT2D eigenvalue weighted by Gasteiger charge is -2.23. The fraction of sp³-hybridized carbons (Fsp3) is 0.588. The summed E-state index contributed by atoms with van der Waals surface area (Å²) in [6.07, 6.45) is 2.82. The zero-order valence-electron chi connectivity index (χ0n) is 13.2. The molecule has 3 rings (SSSR count). The minimum absolute atomic E-state index is 0.0703. The lowest BCUT2D eigenvalue weighted by Crippen LogP contribution is -2.44. The quantitative estimate of drug-likeness (QED) is 0.844. The van der Waals surface area contributed by atoms with Crippen molar-refractivity contribution in [2.24, 2.45) is 5.92 Å². The van der Waals surface area contributed by atoms with E-state index in [1.165, 1.54) is 23.1 Å². The largest absolute Gasteiger partial charge is 0.391 e. The highest BCUT2D eigenvalue weighted by Gasteiger charge is 2.48. The third kappa shape index (κ3) is 3.47. The van der Waals surface area contributed by atoms with Gasteiger partial charge in [-0.25, -0.2) is 13.6 Å². The first-order valence-electron chi connectivity index (χ1n) is 8.04. The van der Waals surface area contributed by atoms with E-state index < -0.39 is 23.2 Å². The molecule has 0 saturated heterocycles. The lowest BCUT2D eigenvalue weighted by atomic mass is 9.94. The molecule has 2 amide bonds. The number of likely N-dealkylation sites (N-methyl/N-ethyl adjacent to an activating group) is 1. The summed E-state index contributed by atoms with van der Waals surface area (Å²) in [5, 5.41) is 12.6. The van der Waals surface area contributed by atoms with E-state index in [9.17, 15) is 18.7 Å². The number of rotatable bonds is 6. The zero-order valence-corrected chi connectivity index (χ0v) is 13.2. The molecule has 0 radical (unpaired) electrons. The van der Waals surface area contributed by atoms with Crippen molar-refractivity contribution in [3.8, 4) is 0 Å². The summed E-state index contributed by atoms with van der Waals surface area (Å²) in [4.78, 5) is 13.5. The van der Waals surface area contributed by atoms with Crippen LogP contribution in [0.4, 0.5) is 13.6 Å². The van der Waals surface area contributed by atoms with Crippen molar-refractivity contribution in [3.05, 3.63) is 35.4 Å². The van der Waals surface area contributed by atoms with E-state index in [1.807, 2.05) is 0 Å². The van der Waals surface area contributed by atoms with Crippen LogP contribution < -0.4 is 5.32 Å². The molecular weight excluding hydrogens is 302 g/mol. The topological polar surface area (TPSA) is 52.6 Å². The van der Waals surface area contributed by atoms with Crippen LogP contribution in [0, 0.1) is 17.6 Å². The Labute approximate surface area is 134 Å². The number of halogens is 2. The second-order valence-electron chi connectivity index (χ2n) is 6.82. The van der Waals surface area contributed by atoms with Crippen LogP contribution in [0.1, 0.15) is 31.2 Å². The molecule has 6 heteroatoms. The van der Waals surface area contributed by atoms with E-state index in [0.717, 1.165) is 12.8 Å². The van der Waals surface area contributed by atoms with Gasteiger partial charge in [-0.2, -0.15) is 0 Å². The fourth-order valence-electron chi connectivity index (χ4n) is 3.04. The number of benzene rings is 1. The average Bonchev–Trinajstić information content (AvgIpc) is 3.38. The van der Waals surface area contributed by atoms with Gasteiger partial charge in [-0.3, -0.25) is 0 Å². The number of hydrogen-bond donors (Lipinski definition) is 2. The smallest absolute Gasteiger partial charge is 0.317 e. The van der Waals surface area contributed by atoms with Crippen LogP contribution >= 0.6 is 0 Å². The fourth-order valence-corrected chi connectivity index (χ4v) is 3.04. The van der Waals surface area contributed by atoms with Crippen LogP contribution in [-0.2, 0) is 5.41 Å². The van der Waals surface area contributed by atoms with E-state index >= 15 is 0 Å². The number of nitrogens with zero attached hydrogens (tertiary/aromatic N) is 1. The average molecular weight is 324 g/mol. The van der Waals surface area contributed by atoms with Crippen molar-refractivity contribution >= 4 is 6.03 Å². The van der Waals surface area contributed by atoms with Crippen molar-refractivity contribution in [1.29, 1.82) is 0 Å². The van der Waals surface area contributed by atoms with Crippen molar-refractivity contribution in [2.75, 3.05) is 20.1 Å². The van der Waals surface area contributed by atoms with Gasteiger partial charge in [0.2, 0.25) is 0 Å². The molecule has 1 aromatic rings. The summed E-state index contributed by atoms with van der Waals surface area (Å²) in [6.45, 7) is 0.477. The van der Waals surface area contributed by atoms with Crippen LogP contribution in [0.25, 0.3) is 0 Å². The minimum Gasteiger partial charge on any atom is -0.391 e. The summed E-state index contributed by atoms with van der Waals surface area (Å²) in [6, 6.07) is 3.51. The van der Waals surface area contributed by atoms with Gasteiger partial charge < -0.3 is 15.3 Å². The normalized spacial score (nSPS) is 20.0. The highest BCUT2D eigenvalue weighted by molar-refractivity contribution is 5.74. The van der Waals surface area contributed by atoms with Crippen LogP contribution in [0.2, 0.25) is 0 Å². The van der Waals surface area contributed by atoms with Gasteiger partial charge >= 0.3 is 6.03 Å². The summed E-state index contributed by atoms with van der Waals surface area (Å²) in [5.41, 5.74) is -0.568. The number of nitrogens with one attached hydrogen (secondary N) is 1. The number of aliphatic hydroxyl groups is 1. The predicted molar refractivity (Wildman–Crippen MR) is 82.0 cm³/mol. The summed E-state index contributed by atoms with van der Waals surface area (Å²) in [5.74, 6) is -0.823. The molecule has 2 N–H and O–H groups in total. The minimum atomic E-state index is -0.638. The molecule has 2 saturated carbocycles. The van der Waals surface area contributed by atoms with Gasteiger partial charge in [0.05, 0.1) is 6.10 Å².